The number of carbonyl (C=O) groups excluding carboxylic acids is 2. The Hall–Kier alpha value is -2.89. The average Bonchev–Trinajstić information content (AvgIpc) is 2.63. The molecule has 25 heavy (non-hydrogen) atoms. The van der Waals surface area contributed by atoms with E-state index in [-0.39, 0.29) is 23.5 Å². The molecule has 0 unspecified atom stereocenters. The van der Waals surface area contributed by atoms with E-state index in [9.17, 15) is 14.0 Å². The summed E-state index contributed by atoms with van der Waals surface area (Å²) in [6.45, 7) is 0.979. The lowest BCUT2D eigenvalue weighted by Crippen LogP contribution is -2.47. The van der Waals surface area contributed by atoms with Gasteiger partial charge in [-0.1, -0.05) is 30.3 Å². The number of piperidine rings is 1. The van der Waals surface area contributed by atoms with E-state index in [1.165, 1.54) is 12.1 Å². The summed E-state index contributed by atoms with van der Waals surface area (Å²) in [4.78, 5) is 26.0. The second-order valence-corrected chi connectivity index (χ2v) is 6.01. The number of hydrogen-bond acceptors (Lipinski definition) is 2. The first kappa shape index (κ1) is 17.0. The third-order valence-electron chi connectivity index (χ3n) is 4.25. The van der Waals surface area contributed by atoms with Crippen molar-refractivity contribution in [3.8, 4) is 0 Å². The Morgan fingerprint density at radius 2 is 1.60 bits per heavy atom. The molecule has 1 aliphatic rings. The van der Waals surface area contributed by atoms with Crippen LogP contribution in [0.1, 0.15) is 23.2 Å². The second-order valence-electron chi connectivity index (χ2n) is 6.01. The molecule has 1 saturated heterocycles. The quantitative estimate of drug-likeness (QED) is 0.900. The maximum absolute atomic E-state index is 13.7. The SMILES string of the molecule is O=C(Nc1ccccc1)NC1CCN(C(=O)c2ccccc2F)CC1. The molecule has 0 saturated carbocycles. The number of anilines is 1. The molecular weight excluding hydrogens is 321 g/mol. The van der Waals surface area contributed by atoms with Crippen LogP contribution in [0.25, 0.3) is 0 Å². The van der Waals surface area contributed by atoms with Crippen LogP contribution in [-0.2, 0) is 0 Å². The molecule has 1 heterocycles. The molecule has 6 heteroatoms. The fourth-order valence-corrected chi connectivity index (χ4v) is 2.91. The number of nitrogens with zero attached hydrogens (tertiary/aromatic N) is 1. The first-order chi connectivity index (χ1) is 12.1. The van der Waals surface area contributed by atoms with Gasteiger partial charge in [0, 0.05) is 24.8 Å². The first-order valence-electron chi connectivity index (χ1n) is 8.30. The molecule has 130 valence electrons. The maximum atomic E-state index is 13.7. The van der Waals surface area contributed by atoms with E-state index < -0.39 is 5.82 Å². The molecule has 0 spiro atoms. The zero-order chi connectivity index (χ0) is 17.6. The molecule has 0 atom stereocenters. The minimum atomic E-state index is -0.505. The van der Waals surface area contributed by atoms with Crippen LogP contribution in [0.15, 0.2) is 54.6 Å². The van der Waals surface area contributed by atoms with Crippen molar-refractivity contribution in [2.45, 2.75) is 18.9 Å². The Labute approximate surface area is 145 Å². The van der Waals surface area contributed by atoms with Gasteiger partial charge in [-0.25, -0.2) is 9.18 Å². The number of nitrogens with one attached hydrogen (secondary N) is 2. The second kappa shape index (κ2) is 7.79. The van der Waals surface area contributed by atoms with Crippen LogP contribution in [0.2, 0.25) is 0 Å². The van der Waals surface area contributed by atoms with E-state index in [0.29, 0.717) is 25.9 Å². The monoisotopic (exact) mass is 341 g/mol. The molecule has 1 fully saturated rings. The van der Waals surface area contributed by atoms with Gasteiger partial charge in [0.05, 0.1) is 5.56 Å². The molecule has 3 rings (SSSR count). The minimum absolute atomic E-state index is 0.00613. The van der Waals surface area contributed by atoms with Crippen molar-refractivity contribution in [1.29, 1.82) is 0 Å². The molecule has 0 radical (unpaired) electrons. The number of hydrogen-bond donors (Lipinski definition) is 2. The molecule has 2 aromatic rings. The number of rotatable bonds is 3. The van der Waals surface area contributed by atoms with E-state index in [1.54, 1.807) is 17.0 Å². The molecule has 0 aromatic heterocycles. The van der Waals surface area contributed by atoms with Gasteiger partial charge in [-0.15, -0.1) is 0 Å². The summed E-state index contributed by atoms with van der Waals surface area (Å²) in [6, 6.07) is 14.9. The van der Waals surface area contributed by atoms with Crippen molar-refractivity contribution in [2.75, 3.05) is 18.4 Å². The lowest BCUT2D eigenvalue weighted by molar-refractivity contribution is 0.0704. The van der Waals surface area contributed by atoms with Crippen molar-refractivity contribution in [1.82, 2.24) is 10.2 Å². The summed E-state index contributed by atoms with van der Waals surface area (Å²) in [5.74, 6) is -0.805. The van der Waals surface area contributed by atoms with Crippen molar-refractivity contribution in [2.24, 2.45) is 0 Å². The molecule has 0 bridgehead atoms. The fourth-order valence-electron chi connectivity index (χ4n) is 2.91. The van der Waals surface area contributed by atoms with Crippen LogP contribution in [0.3, 0.4) is 0 Å². The van der Waals surface area contributed by atoms with E-state index in [0.717, 1.165) is 5.69 Å². The van der Waals surface area contributed by atoms with E-state index >= 15 is 0 Å². The van der Waals surface area contributed by atoms with Crippen LogP contribution >= 0.6 is 0 Å². The first-order valence-corrected chi connectivity index (χ1v) is 8.30. The zero-order valence-corrected chi connectivity index (χ0v) is 13.7. The number of para-hydroxylation sites is 1. The van der Waals surface area contributed by atoms with E-state index in [4.69, 9.17) is 0 Å². The molecule has 1 aliphatic heterocycles. The smallest absolute Gasteiger partial charge is 0.319 e. The lowest BCUT2D eigenvalue weighted by Gasteiger charge is -2.32. The van der Waals surface area contributed by atoms with Crippen LogP contribution in [-0.4, -0.2) is 36.0 Å². The Morgan fingerprint density at radius 1 is 0.960 bits per heavy atom. The Morgan fingerprint density at radius 3 is 2.28 bits per heavy atom. The van der Waals surface area contributed by atoms with Crippen molar-refractivity contribution < 1.29 is 14.0 Å². The molecule has 0 aliphatic carbocycles. The molecule has 2 N–H and O–H groups in total. The molecule has 3 amide bonds. The summed E-state index contributed by atoms with van der Waals surface area (Å²) >= 11 is 0. The molecular formula is C19H20FN3O2. The van der Waals surface area contributed by atoms with Gasteiger partial charge in [-0.05, 0) is 37.1 Å². The normalized spacial score (nSPS) is 14.8. The van der Waals surface area contributed by atoms with Crippen LogP contribution in [0.4, 0.5) is 14.9 Å². The van der Waals surface area contributed by atoms with Gasteiger partial charge in [0.2, 0.25) is 0 Å². The molecule has 2 aromatic carbocycles. The summed E-state index contributed by atoms with van der Waals surface area (Å²) in [6.07, 6.45) is 1.28. The third kappa shape index (κ3) is 4.35. The number of amides is 3. The van der Waals surface area contributed by atoms with E-state index in [1.807, 2.05) is 30.3 Å². The Balaban J connectivity index is 1.49. The largest absolute Gasteiger partial charge is 0.338 e. The van der Waals surface area contributed by atoms with Gasteiger partial charge in [0.15, 0.2) is 0 Å². The molecule has 5 nitrogen and oxygen atoms in total. The van der Waals surface area contributed by atoms with Crippen LogP contribution in [0, 0.1) is 5.82 Å². The van der Waals surface area contributed by atoms with Gasteiger partial charge in [-0.2, -0.15) is 0 Å². The third-order valence-corrected chi connectivity index (χ3v) is 4.25. The van der Waals surface area contributed by atoms with Crippen LogP contribution in [0.5, 0.6) is 0 Å². The highest BCUT2D eigenvalue weighted by molar-refractivity contribution is 5.94. The van der Waals surface area contributed by atoms with Gasteiger partial charge >= 0.3 is 6.03 Å². The maximum Gasteiger partial charge on any atom is 0.319 e. The van der Waals surface area contributed by atoms with Gasteiger partial charge in [0.1, 0.15) is 5.82 Å². The number of carbonyl (C=O) groups is 2. The van der Waals surface area contributed by atoms with E-state index in [2.05, 4.69) is 10.6 Å². The van der Waals surface area contributed by atoms with Crippen molar-refractivity contribution >= 4 is 17.6 Å². The topological polar surface area (TPSA) is 61.4 Å². The summed E-state index contributed by atoms with van der Waals surface area (Å²) in [7, 11) is 0. The lowest BCUT2D eigenvalue weighted by atomic mass is 10.0. The highest BCUT2D eigenvalue weighted by Gasteiger charge is 2.25. The minimum Gasteiger partial charge on any atom is -0.338 e. The average molecular weight is 341 g/mol. The van der Waals surface area contributed by atoms with Gasteiger partial charge < -0.3 is 15.5 Å². The van der Waals surface area contributed by atoms with Gasteiger partial charge in [-0.3, -0.25) is 4.79 Å². The standard InChI is InChI=1S/C19H20FN3O2/c20-17-9-5-4-8-16(17)18(24)23-12-10-15(11-13-23)22-19(25)21-14-6-2-1-3-7-14/h1-9,15H,10-13H2,(H2,21,22,25). The van der Waals surface area contributed by atoms with Crippen molar-refractivity contribution in [3.05, 3.63) is 66.0 Å². The number of urea groups is 1. The highest BCUT2D eigenvalue weighted by atomic mass is 19.1. The number of likely N-dealkylation sites (tertiary alicyclic amines) is 1. The summed E-state index contributed by atoms with van der Waals surface area (Å²) in [5, 5.41) is 5.69. The highest BCUT2D eigenvalue weighted by Crippen LogP contribution is 2.16. The van der Waals surface area contributed by atoms with Crippen molar-refractivity contribution in [3.63, 3.8) is 0 Å². The number of benzene rings is 2. The number of halogens is 1. The Bertz CT molecular complexity index is 743. The summed E-state index contributed by atoms with van der Waals surface area (Å²) < 4.78 is 13.7. The van der Waals surface area contributed by atoms with Gasteiger partial charge in [0.25, 0.3) is 5.91 Å². The summed E-state index contributed by atoms with van der Waals surface area (Å²) in [5.41, 5.74) is 0.822. The Kier molecular flexibility index (Phi) is 5.28. The predicted molar refractivity (Wildman–Crippen MR) is 93.9 cm³/mol. The predicted octanol–water partition coefficient (Wildman–Crippen LogP) is 3.25. The fraction of sp³-hybridized carbons (Fsp3) is 0.263. The van der Waals surface area contributed by atoms with Crippen LogP contribution < -0.4 is 10.6 Å². The zero-order valence-electron chi connectivity index (χ0n) is 13.7.